The SMILES string of the molecule is COC(=O)[C@@H](C)Oc1ccc(C(=O)Nc2ccc(F)cc2)cc1. The lowest BCUT2D eigenvalue weighted by Gasteiger charge is -2.12. The summed E-state index contributed by atoms with van der Waals surface area (Å²) in [6.07, 6.45) is -0.737. The Balaban J connectivity index is 1.99. The van der Waals surface area contributed by atoms with E-state index in [2.05, 4.69) is 10.1 Å². The summed E-state index contributed by atoms with van der Waals surface area (Å²) in [5.41, 5.74) is 0.906. The van der Waals surface area contributed by atoms with Crippen molar-refractivity contribution >= 4 is 17.6 Å². The number of hydrogen-bond donors (Lipinski definition) is 1. The number of hydrogen-bond acceptors (Lipinski definition) is 4. The molecule has 5 nitrogen and oxygen atoms in total. The van der Waals surface area contributed by atoms with Gasteiger partial charge in [0.1, 0.15) is 11.6 Å². The third kappa shape index (κ3) is 4.54. The standard InChI is InChI=1S/C17H16FNO4/c1-11(17(21)22-2)23-15-9-3-12(4-10-15)16(20)19-14-7-5-13(18)6-8-14/h3-11H,1-2H3,(H,19,20)/t11-/m1/s1. The number of esters is 1. The number of rotatable bonds is 5. The van der Waals surface area contributed by atoms with E-state index >= 15 is 0 Å². The van der Waals surface area contributed by atoms with Gasteiger partial charge < -0.3 is 14.8 Å². The Kier molecular flexibility index (Phi) is 5.30. The van der Waals surface area contributed by atoms with E-state index in [1.54, 1.807) is 31.2 Å². The summed E-state index contributed by atoms with van der Waals surface area (Å²) in [7, 11) is 1.28. The molecule has 23 heavy (non-hydrogen) atoms. The maximum absolute atomic E-state index is 12.8. The van der Waals surface area contributed by atoms with E-state index in [9.17, 15) is 14.0 Å². The van der Waals surface area contributed by atoms with Crippen LogP contribution in [-0.2, 0) is 9.53 Å². The van der Waals surface area contributed by atoms with Crippen LogP contribution in [0.3, 0.4) is 0 Å². The van der Waals surface area contributed by atoms with E-state index in [0.717, 1.165) is 0 Å². The fraction of sp³-hybridized carbons (Fsp3) is 0.176. The highest BCUT2D eigenvalue weighted by molar-refractivity contribution is 6.04. The monoisotopic (exact) mass is 317 g/mol. The van der Waals surface area contributed by atoms with Gasteiger partial charge in [-0.3, -0.25) is 4.79 Å². The van der Waals surface area contributed by atoms with Crippen molar-refractivity contribution in [3.05, 3.63) is 59.9 Å². The lowest BCUT2D eigenvalue weighted by Crippen LogP contribution is -2.24. The molecule has 0 heterocycles. The van der Waals surface area contributed by atoms with Gasteiger partial charge in [0, 0.05) is 11.3 Å². The molecular weight excluding hydrogens is 301 g/mol. The molecule has 0 radical (unpaired) electrons. The summed E-state index contributed by atoms with van der Waals surface area (Å²) in [5, 5.41) is 2.65. The average molecular weight is 317 g/mol. The van der Waals surface area contributed by atoms with Gasteiger partial charge in [-0.05, 0) is 55.5 Å². The van der Waals surface area contributed by atoms with Gasteiger partial charge in [0.25, 0.3) is 5.91 Å². The van der Waals surface area contributed by atoms with Crippen LogP contribution in [0.2, 0.25) is 0 Å². The second-order valence-corrected chi connectivity index (χ2v) is 4.77. The minimum atomic E-state index is -0.737. The van der Waals surface area contributed by atoms with Crippen molar-refractivity contribution in [2.24, 2.45) is 0 Å². The van der Waals surface area contributed by atoms with Crippen LogP contribution < -0.4 is 10.1 Å². The molecule has 120 valence electrons. The number of ether oxygens (including phenoxy) is 2. The molecule has 1 amide bonds. The molecule has 0 saturated heterocycles. The van der Waals surface area contributed by atoms with Crippen molar-refractivity contribution in [1.29, 1.82) is 0 Å². The summed E-state index contributed by atoms with van der Waals surface area (Å²) < 4.78 is 22.8. The van der Waals surface area contributed by atoms with Crippen molar-refractivity contribution in [1.82, 2.24) is 0 Å². The first kappa shape index (κ1) is 16.5. The predicted octanol–water partition coefficient (Wildman–Crippen LogP) is 3.02. The smallest absolute Gasteiger partial charge is 0.346 e. The zero-order chi connectivity index (χ0) is 16.8. The van der Waals surface area contributed by atoms with Gasteiger partial charge in [-0.1, -0.05) is 0 Å². The van der Waals surface area contributed by atoms with Gasteiger partial charge in [-0.15, -0.1) is 0 Å². The minimum Gasteiger partial charge on any atom is -0.479 e. The van der Waals surface area contributed by atoms with E-state index in [4.69, 9.17) is 4.74 Å². The molecule has 0 fully saturated rings. The maximum Gasteiger partial charge on any atom is 0.346 e. The molecule has 0 unspecified atom stereocenters. The summed E-state index contributed by atoms with van der Waals surface area (Å²) in [6.45, 7) is 1.57. The Labute approximate surface area is 133 Å². The van der Waals surface area contributed by atoms with E-state index in [1.807, 2.05) is 0 Å². The number of carbonyl (C=O) groups excluding carboxylic acids is 2. The lowest BCUT2D eigenvalue weighted by atomic mass is 10.2. The largest absolute Gasteiger partial charge is 0.479 e. The molecule has 0 aromatic heterocycles. The van der Waals surface area contributed by atoms with E-state index in [-0.39, 0.29) is 11.7 Å². The molecule has 2 aromatic rings. The molecule has 2 aromatic carbocycles. The first-order valence-corrected chi connectivity index (χ1v) is 6.91. The van der Waals surface area contributed by atoms with Crippen LogP contribution in [0, 0.1) is 5.82 Å². The number of amides is 1. The van der Waals surface area contributed by atoms with Crippen LogP contribution in [-0.4, -0.2) is 25.1 Å². The molecule has 1 atom stereocenters. The molecule has 0 spiro atoms. The van der Waals surface area contributed by atoms with E-state index in [0.29, 0.717) is 17.0 Å². The van der Waals surface area contributed by atoms with Crippen LogP contribution in [0.25, 0.3) is 0 Å². The number of anilines is 1. The highest BCUT2D eigenvalue weighted by Crippen LogP contribution is 2.16. The molecule has 1 N–H and O–H groups in total. The van der Waals surface area contributed by atoms with Gasteiger partial charge in [0.05, 0.1) is 7.11 Å². The van der Waals surface area contributed by atoms with Crippen LogP contribution >= 0.6 is 0 Å². The van der Waals surface area contributed by atoms with Gasteiger partial charge in [0.15, 0.2) is 6.10 Å². The first-order chi connectivity index (χ1) is 11.0. The molecule has 0 aliphatic heterocycles. The fourth-order valence-electron chi connectivity index (χ4n) is 1.84. The molecule has 0 aliphatic rings. The zero-order valence-corrected chi connectivity index (χ0v) is 12.7. The third-order valence-electron chi connectivity index (χ3n) is 3.06. The molecule has 0 aliphatic carbocycles. The first-order valence-electron chi connectivity index (χ1n) is 6.91. The Morgan fingerprint density at radius 2 is 1.65 bits per heavy atom. The molecule has 6 heteroatoms. The lowest BCUT2D eigenvalue weighted by molar-refractivity contribution is -0.147. The van der Waals surface area contributed by atoms with Gasteiger partial charge >= 0.3 is 5.97 Å². The third-order valence-corrected chi connectivity index (χ3v) is 3.06. The number of carbonyl (C=O) groups is 2. The number of benzene rings is 2. The van der Waals surface area contributed by atoms with E-state index in [1.165, 1.54) is 31.4 Å². The predicted molar refractivity (Wildman–Crippen MR) is 82.9 cm³/mol. The second kappa shape index (κ2) is 7.40. The quantitative estimate of drug-likeness (QED) is 0.861. The summed E-state index contributed by atoms with van der Waals surface area (Å²) in [4.78, 5) is 23.3. The Hall–Kier alpha value is -2.89. The zero-order valence-electron chi connectivity index (χ0n) is 12.7. The summed E-state index contributed by atoms with van der Waals surface area (Å²) >= 11 is 0. The number of methoxy groups -OCH3 is 1. The van der Waals surface area contributed by atoms with Gasteiger partial charge in [-0.2, -0.15) is 0 Å². The number of halogens is 1. The second-order valence-electron chi connectivity index (χ2n) is 4.77. The van der Waals surface area contributed by atoms with Crippen LogP contribution in [0.1, 0.15) is 17.3 Å². The topological polar surface area (TPSA) is 64.6 Å². The highest BCUT2D eigenvalue weighted by Gasteiger charge is 2.15. The van der Waals surface area contributed by atoms with E-state index < -0.39 is 12.1 Å². The van der Waals surface area contributed by atoms with Crippen molar-refractivity contribution < 1.29 is 23.5 Å². The van der Waals surface area contributed by atoms with Gasteiger partial charge in [0.2, 0.25) is 0 Å². The Morgan fingerprint density at radius 1 is 1.04 bits per heavy atom. The van der Waals surface area contributed by atoms with Crippen molar-refractivity contribution in [3.8, 4) is 5.75 Å². The fourth-order valence-corrected chi connectivity index (χ4v) is 1.84. The van der Waals surface area contributed by atoms with Gasteiger partial charge in [-0.25, -0.2) is 9.18 Å². The van der Waals surface area contributed by atoms with Crippen molar-refractivity contribution in [2.75, 3.05) is 12.4 Å². The molecule has 2 rings (SSSR count). The van der Waals surface area contributed by atoms with Crippen molar-refractivity contribution in [3.63, 3.8) is 0 Å². The molecular formula is C17H16FNO4. The minimum absolute atomic E-state index is 0.329. The van der Waals surface area contributed by atoms with Crippen LogP contribution in [0.4, 0.5) is 10.1 Å². The summed E-state index contributed by atoms with van der Waals surface area (Å²) in [5.74, 6) is -0.738. The van der Waals surface area contributed by atoms with Crippen LogP contribution in [0.15, 0.2) is 48.5 Å². The average Bonchev–Trinajstić information content (AvgIpc) is 2.56. The summed E-state index contributed by atoms with van der Waals surface area (Å²) in [6, 6.07) is 11.8. The molecule has 0 saturated carbocycles. The molecule has 0 bridgehead atoms. The Bertz CT molecular complexity index is 683. The highest BCUT2D eigenvalue weighted by atomic mass is 19.1. The Morgan fingerprint density at radius 3 is 2.22 bits per heavy atom. The van der Waals surface area contributed by atoms with Crippen LogP contribution in [0.5, 0.6) is 5.75 Å². The maximum atomic E-state index is 12.8. The van der Waals surface area contributed by atoms with Crippen molar-refractivity contribution in [2.45, 2.75) is 13.0 Å². The normalized spacial score (nSPS) is 11.4. The number of nitrogens with one attached hydrogen (secondary N) is 1.